The fraction of sp³-hybridized carbons (Fsp3) is 0.200. The number of ether oxygens (including phenoxy) is 2. The summed E-state index contributed by atoms with van der Waals surface area (Å²) < 4.78 is 12.3. The summed E-state index contributed by atoms with van der Waals surface area (Å²) in [5, 5.41) is 0. The van der Waals surface area contributed by atoms with Crippen molar-refractivity contribution in [2.24, 2.45) is 12.0 Å². The zero-order valence-corrected chi connectivity index (χ0v) is 16.4. The number of carbonyl (C=O) groups excluding carboxylic acids is 3. The number of hydrogen-bond donors (Lipinski definition) is 0. The van der Waals surface area contributed by atoms with E-state index in [1.54, 1.807) is 36.7 Å². The Morgan fingerprint density at radius 3 is 2.29 bits per heavy atom. The predicted octanol–water partition coefficient (Wildman–Crippen LogP) is 2.94. The maximum absolute atomic E-state index is 12.5. The summed E-state index contributed by atoms with van der Waals surface area (Å²) in [6.07, 6.45) is 0. The molecule has 7 nitrogen and oxygen atoms in total. The topological polar surface area (TPSA) is 87.0 Å². The van der Waals surface area contributed by atoms with Gasteiger partial charge in [-0.1, -0.05) is 11.3 Å². The van der Waals surface area contributed by atoms with E-state index in [0.29, 0.717) is 28.1 Å². The Morgan fingerprint density at radius 1 is 1.00 bits per heavy atom. The van der Waals surface area contributed by atoms with Crippen LogP contribution in [0.5, 0.6) is 0 Å². The van der Waals surface area contributed by atoms with Crippen LogP contribution in [0.25, 0.3) is 10.2 Å². The Hall–Kier alpha value is -3.26. The van der Waals surface area contributed by atoms with Crippen molar-refractivity contribution < 1.29 is 23.9 Å². The van der Waals surface area contributed by atoms with Gasteiger partial charge in [0.1, 0.15) is 0 Å². The van der Waals surface area contributed by atoms with Crippen LogP contribution in [0.15, 0.2) is 47.5 Å². The van der Waals surface area contributed by atoms with E-state index in [9.17, 15) is 14.4 Å². The third-order valence-electron chi connectivity index (χ3n) is 4.07. The van der Waals surface area contributed by atoms with Crippen LogP contribution in [0.3, 0.4) is 0 Å². The van der Waals surface area contributed by atoms with Gasteiger partial charge in [0.05, 0.1) is 35.1 Å². The van der Waals surface area contributed by atoms with Crippen LogP contribution in [0.2, 0.25) is 0 Å². The fourth-order valence-electron chi connectivity index (χ4n) is 2.60. The van der Waals surface area contributed by atoms with Crippen LogP contribution >= 0.6 is 11.3 Å². The molecule has 0 unspecified atom stereocenters. The lowest BCUT2D eigenvalue weighted by molar-refractivity contribution is 0.0525. The molecule has 28 heavy (non-hydrogen) atoms. The molecule has 0 atom stereocenters. The second-order valence-corrected chi connectivity index (χ2v) is 6.84. The number of carbonyl (C=O) groups is 3. The van der Waals surface area contributed by atoms with Gasteiger partial charge in [0, 0.05) is 12.6 Å². The first kappa shape index (κ1) is 19.5. The first-order valence-corrected chi connectivity index (χ1v) is 9.30. The normalized spacial score (nSPS) is 11.5. The third-order valence-corrected chi connectivity index (χ3v) is 5.17. The van der Waals surface area contributed by atoms with E-state index in [1.165, 1.54) is 42.7 Å². The molecule has 8 heteroatoms. The number of thiazole rings is 1. The Morgan fingerprint density at radius 2 is 1.64 bits per heavy atom. The van der Waals surface area contributed by atoms with Gasteiger partial charge in [0.2, 0.25) is 0 Å². The SMILES string of the molecule is CCOC(=O)c1ccc2c(c1)sc(=NC(=O)c1ccc(C(=O)OC)cc1)n2C. The molecular formula is C20H18N2O5S. The highest BCUT2D eigenvalue weighted by Gasteiger charge is 2.12. The molecule has 2 aromatic carbocycles. The van der Waals surface area contributed by atoms with E-state index in [2.05, 4.69) is 9.73 Å². The summed E-state index contributed by atoms with van der Waals surface area (Å²) in [4.78, 5) is 40.6. The van der Waals surface area contributed by atoms with Crippen LogP contribution in [-0.4, -0.2) is 36.1 Å². The zero-order valence-electron chi connectivity index (χ0n) is 15.6. The van der Waals surface area contributed by atoms with E-state index < -0.39 is 11.9 Å². The van der Waals surface area contributed by atoms with E-state index >= 15 is 0 Å². The molecule has 0 aliphatic carbocycles. The van der Waals surface area contributed by atoms with E-state index in [0.717, 1.165) is 10.2 Å². The molecular weight excluding hydrogens is 380 g/mol. The summed E-state index contributed by atoms with van der Waals surface area (Å²) in [6.45, 7) is 2.06. The van der Waals surface area contributed by atoms with Crippen LogP contribution < -0.4 is 4.80 Å². The summed E-state index contributed by atoms with van der Waals surface area (Å²) in [6, 6.07) is 11.3. The van der Waals surface area contributed by atoms with Crippen molar-refractivity contribution in [3.05, 3.63) is 64.0 Å². The average Bonchev–Trinajstić information content (AvgIpc) is 3.02. The molecule has 0 aliphatic heterocycles. The molecule has 0 radical (unpaired) electrons. The molecule has 0 fully saturated rings. The smallest absolute Gasteiger partial charge is 0.338 e. The highest BCUT2D eigenvalue weighted by Crippen LogP contribution is 2.19. The number of benzene rings is 2. The maximum atomic E-state index is 12.5. The Labute approximate surface area is 164 Å². The number of aryl methyl sites for hydroxylation is 1. The molecule has 1 heterocycles. The van der Waals surface area contributed by atoms with Gasteiger partial charge in [-0.15, -0.1) is 0 Å². The minimum absolute atomic E-state index is 0.305. The summed E-state index contributed by atoms with van der Waals surface area (Å²) in [5.41, 5.74) is 2.02. The Balaban J connectivity index is 1.94. The lowest BCUT2D eigenvalue weighted by Gasteiger charge is -2.01. The Kier molecular flexibility index (Phi) is 5.70. The molecule has 3 aromatic rings. The lowest BCUT2D eigenvalue weighted by atomic mass is 10.1. The standard InChI is InChI=1S/C20H18N2O5S/c1-4-27-19(25)14-9-10-15-16(11-14)28-20(22(15)2)21-17(23)12-5-7-13(8-6-12)18(24)26-3/h5-11H,4H2,1-3H3. The van der Waals surface area contributed by atoms with Gasteiger partial charge in [0.25, 0.3) is 5.91 Å². The molecule has 0 saturated carbocycles. The summed E-state index contributed by atoms with van der Waals surface area (Å²) in [5.74, 6) is -1.28. The van der Waals surface area contributed by atoms with Gasteiger partial charge in [-0.25, -0.2) is 9.59 Å². The quantitative estimate of drug-likeness (QED) is 0.631. The van der Waals surface area contributed by atoms with Crippen molar-refractivity contribution >= 4 is 39.4 Å². The van der Waals surface area contributed by atoms with Gasteiger partial charge in [0.15, 0.2) is 4.80 Å². The van der Waals surface area contributed by atoms with E-state index in [4.69, 9.17) is 4.74 Å². The molecule has 144 valence electrons. The van der Waals surface area contributed by atoms with Gasteiger partial charge in [-0.2, -0.15) is 4.99 Å². The van der Waals surface area contributed by atoms with Crippen molar-refractivity contribution in [2.45, 2.75) is 6.92 Å². The van der Waals surface area contributed by atoms with Gasteiger partial charge < -0.3 is 14.0 Å². The second-order valence-electron chi connectivity index (χ2n) is 5.83. The number of amides is 1. The zero-order chi connectivity index (χ0) is 20.3. The molecule has 1 amide bonds. The maximum Gasteiger partial charge on any atom is 0.338 e. The molecule has 3 rings (SSSR count). The number of fused-ring (bicyclic) bond motifs is 1. The number of nitrogens with zero attached hydrogens (tertiary/aromatic N) is 2. The molecule has 1 aromatic heterocycles. The molecule has 0 spiro atoms. The number of methoxy groups -OCH3 is 1. The Bertz CT molecular complexity index is 1130. The highest BCUT2D eigenvalue weighted by molar-refractivity contribution is 7.16. The fourth-order valence-corrected chi connectivity index (χ4v) is 3.66. The predicted molar refractivity (Wildman–Crippen MR) is 104 cm³/mol. The van der Waals surface area contributed by atoms with Crippen LogP contribution in [0.4, 0.5) is 0 Å². The van der Waals surface area contributed by atoms with Crippen molar-refractivity contribution in [1.29, 1.82) is 0 Å². The van der Waals surface area contributed by atoms with E-state index in [1.807, 2.05) is 0 Å². The van der Waals surface area contributed by atoms with Gasteiger partial charge >= 0.3 is 11.9 Å². The van der Waals surface area contributed by atoms with E-state index in [-0.39, 0.29) is 5.97 Å². The largest absolute Gasteiger partial charge is 0.465 e. The van der Waals surface area contributed by atoms with Crippen LogP contribution in [0.1, 0.15) is 38.0 Å². The third kappa shape index (κ3) is 3.86. The monoisotopic (exact) mass is 398 g/mol. The number of esters is 2. The van der Waals surface area contributed by atoms with Crippen molar-refractivity contribution in [3.8, 4) is 0 Å². The second kappa shape index (κ2) is 8.18. The molecule has 0 N–H and O–H groups in total. The van der Waals surface area contributed by atoms with Crippen molar-refractivity contribution in [2.75, 3.05) is 13.7 Å². The minimum Gasteiger partial charge on any atom is -0.465 e. The van der Waals surface area contributed by atoms with Gasteiger partial charge in [-0.3, -0.25) is 4.79 Å². The molecule has 0 bridgehead atoms. The first-order chi connectivity index (χ1) is 13.4. The average molecular weight is 398 g/mol. The highest BCUT2D eigenvalue weighted by atomic mass is 32.1. The minimum atomic E-state index is -0.468. The number of aromatic nitrogens is 1. The lowest BCUT2D eigenvalue weighted by Crippen LogP contribution is -2.13. The van der Waals surface area contributed by atoms with Crippen LogP contribution in [0, 0.1) is 0 Å². The molecule has 0 saturated heterocycles. The summed E-state index contributed by atoms with van der Waals surface area (Å²) in [7, 11) is 3.10. The summed E-state index contributed by atoms with van der Waals surface area (Å²) >= 11 is 1.30. The van der Waals surface area contributed by atoms with Gasteiger partial charge in [-0.05, 0) is 49.4 Å². The molecule has 0 aliphatic rings. The number of hydrogen-bond acceptors (Lipinski definition) is 6. The first-order valence-electron chi connectivity index (χ1n) is 8.48. The van der Waals surface area contributed by atoms with Crippen molar-refractivity contribution in [3.63, 3.8) is 0 Å². The number of rotatable bonds is 4. The van der Waals surface area contributed by atoms with Crippen LogP contribution in [-0.2, 0) is 16.5 Å². The van der Waals surface area contributed by atoms with Crippen molar-refractivity contribution in [1.82, 2.24) is 4.57 Å².